The summed E-state index contributed by atoms with van der Waals surface area (Å²) in [6.07, 6.45) is 8.91. The van der Waals surface area contributed by atoms with E-state index in [-0.39, 0.29) is 23.5 Å². The highest BCUT2D eigenvalue weighted by atomic mass is 16.3. The van der Waals surface area contributed by atoms with E-state index >= 15 is 0 Å². The maximum Gasteiger partial charge on any atom is 0.224 e. The molecule has 0 spiro atoms. The Labute approximate surface area is 155 Å². The summed E-state index contributed by atoms with van der Waals surface area (Å²) in [6, 6.07) is 1.56. The molecule has 0 saturated heterocycles. The van der Waals surface area contributed by atoms with Crippen LogP contribution in [0.2, 0.25) is 0 Å². The maximum atomic E-state index is 12.7. The van der Waals surface area contributed by atoms with Gasteiger partial charge in [-0.1, -0.05) is 20.3 Å². The molecule has 1 fully saturated rings. The lowest BCUT2D eigenvalue weighted by molar-refractivity contribution is -0.128. The standard InChI is InChI=1S/C20H29N3O3/c1-14(2)11-16(7-8-19-22-9-10-26-19)20(25)23-17(13-21)12-15-5-3-4-6-18(15)24/h9-10,14-17H,3-8,11-12H2,1-2H3,(H,23,25)/t15-,16-,17-/m0/s1. The van der Waals surface area contributed by atoms with E-state index in [1.807, 2.05) is 0 Å². The average molecular weight is 359 g/mol. The number of amides is 1. The molecule has 1 aliphatic carbocycles. The Balaban J connectivity index is 1.92. The molecule has 6 nitrogen and oxygen atoms in total. The Hall–Kier alpha value is -2.16. The predicted molar refractivity (Wildman–Crippen MR) is 96.9 cm³/mol. The van der Waals surface area contributed by atoms with Crippen molar-refractivity contribution in [3.8, 4) is 6.07 Å². The van der Waals surface area contributed by atoms with Crippen molar-refractivity contribution in [2.45, 2.75) is 71.3 Å². The Kier molecular flexibility index (Phi) is 7.83. The predicted octanol–water partition coefficient (Wildman–Crippen LogP) is 3.43. The molecule has 3 atom stereocenters. The van der Waals surface area contributed by atoms with Gasteiger partial charge in [-0.2, -0.15) is 5.26 Å². The van der Waals surface area contributed by atoms with Crippen molar-refractivity contribution in [2.24, 2.45) is 17.8 Å². The van der Waals surface area contributed by atoms with Crippen LogP contribution in [-0.2, 0) is 16.0 Å². The van der Waals surface area contributed by atoms with Crippen LogP contribution in [0.5, 0.6) is 0 Å². The number of oxazole rings is 1. The Morgan fingerprint density at radius 1 is 1.46 bits per heavy atom. The maximum absolute atomic E-state index is 12.7. The van der Waals surface area contributed by atoms with E-state index < -0.39 is 6.04 Å². The van der Waals surface area contributed by atoms with Gasteiger partial charge >= 0.3 is 0 Å². The van der Waals surface area contributed by atoms with Crippen LogP contribution >= 0.6 is 0 Å². The van der Waals surface area contributed by atoms with Gasteiger partial charge in [-0.15, -0.1) is 0 Å². The fourth-order valence-corrected chi connectivity index (χ4v) is 3.62. The molecule has 0 unspecified atom stereocenters. The third-order valence-electron chi connectivity index (χ3n) is 4.99. The number of hydrogen-bond acceptors (Lipinski definition) is 5. The van der Waals surface area contributed by atoms with Crippen LogP contribution in [0.15, 0.2) is 16.9 Å². The molecule has 26 heavy (non-hydrogen) atoms. The number of carbonyl (C=O) groups is 2. The Bertz CT molecular complexity index is 619. The van der Waals surface area contributed by atoms with Gasteiger partial charge in [0.2, 0.25) is 5.91 Å². The van der Waals surface area contributed by atoms with Crippen LogP contribution in [0, 0.1) is 29.1 Å². The number of aromatic nitrogens is 1. The zero-order valence-corrected chi connectivity index (χ0v) is 15.7. The lowest BCUT2D eigenvalue weighted by Crippen LogP contribution is -2.41. The summed E-state index contributed by atoms with van der Waals surface area (Å²) in [5.74, 6) is 0.824. The van der Waals surface area contributed by atoms with Crippen molar-refractivity contribution in [2.75, 3.05) is 0 Å². The van der Waals surface area contributed by atoms with Crippen molar-refractivity contribution in [1.82, 2.24) is 10.3 Å². The largest absolute Gasteiger partial charge is 0.449 e. The third kappa shape index (κ3) is 6.29. The molecule has 0 aliphatic heterocycles. The Morgan fingerprint density at radius 2 is 2.27 bits per heavy atom. The lowest BCUT2D eigenvalue weighted by atomic mass is 9.83. The van der Waals surface area contributed by atoms with Gasteiger partial charge in [-0.3, -0.25) is 9.59 Å². The summed E-state index contributed by atoms with van der Waals surface area (Å²) < 4.78 is 5.25. The van der Waals surface area contributed by atoms with Gasteiger partial charge in [-0.05, 0) is 38.0 Å². The number of nitriles is 1. The highest BCUT2D eigenvalue weighted by Gasteiger charge is 2.28. The van der Waals surface area contributed by atoms with Crippen molar-refractivity contribution in [1.29, 1.82) is 5.26 Å². The van der Waals surface area contributed by atoms with Gasteiger partial charge in [0.25, 0.3) is 0 Å². The molecule has 1 aliphatic rings. The topological polar surface area (TPSA) is 96.0 Å². The third-order valence-corrected chi connectivity index (χ3v) is 4.99. The van der Waals surface area contributed by atoms with Gasteiger partial charge in [0, 0.05) is 24.7 Å². The number of hydrogen-bond donors (Lipinski definition) is 1. The van der Waals surface area contributed by atoms with Gasteiger partial charge in [0.05, 0.1) is 12.3 Å². The second kappa shape index (κ2) is 10.1. The zero-order chi connectivity index (χ0) is 18.9. The normalized spacial score (nSPS) is 19.8. The number of Topliss-reactive ketones (excluding diaryl/α,β-unsaturated/α-hetero) is 1. The summed E-state index contributed by atoms with van der Waals surface area (Å²) in [6.45, 7) is 4.15. The summed E-state index contributed by atoms with van der Waals surface area (Å²) in [5, 5.41) is 12.3. The van der Waals surface area contributed by atoms with Crippen molar-refractivity contribution >= 4 is 11.7 Å². The molecule has 0 aromatic carbocycles. The minimum Gasteiger partial charge on any atom is -0.449 e. The molecule has 1 amide bonds. The minimum absolute atomic E-state index is 0.0930. The molecule has 0 radical (unpaired) electrons. The van der Waals surface area contributed by atoms with Gasteiger partial charge in [-0.25, -0.2) is 4.98 Å². The molecule has 142 valence electrons. The van der Waals surface area contributed by atoms with Crippen LogP contribution in [0.3, 0.4) is 0 Å². The number of nitrogens with one attached hydrogen (secondary N) is 1. The van der Waals surface area contributed by atoms with E-state index in [1.165, 1.54) is 6.26 Å². The Morgan fingerprint density at radius 3 is 2.88 bits per heavy atom. The molecular formula is C20H29N3O3. The molecule has 1 aromatic heterocycles. The minimum atomic E-state index is -0.606. The number of carbonyl (C=O) groups excluding carboxylic acids is 2. The zero-order valence-electron chi connectivity index (χ0n) is 15.7. The van der Waals surface area contributed by atoms with Gasteiger partial charge in [0.1, 0.15) is 18.1 Å². The average Bonchev–Trinajstić information content (AvgIpc) is 3.12. The number of rotatable bonds is 9. The fourth-order valence-electron chi connectivity index (χ4n) is 3.62. The molecule has 1 aromatic rings. The molecule has 1 heterocycles. The van der Waals surface area contributed by atoms with Crippen molar-refractivity contribution in [3.05, 3.63) is 18.4 Å². The molecule has 1 N–H and O–H groups in total. The van der Waals surface area contributed by atoms with E-state index in [1.54, 1.807) is 6.20 Å². The summed E-state index contributed by atoms with van der Waals surface area (Å²) >= 11 is 0. The highest BCUT2D eigenvalue weighted by molar-refractivity contribution is 5.82. The lowest BCUT2D eigenvalue weighted by Gasteiger charge is -2.24. The van der Waals surface area contributed by atoms with E-state index in [2.05, 4.69) is 30.2 Å². The molecule has 6 heteroatoms. The first-order valence-electron chi connectivity index (χ1n) is 9.60. The van der Waals surface area contributed by atoms with Crippen LogP contribution in [0.1, 0.15) is 64.7 Å². The SMILES string of the molecule is CC(C)C[C@H](CCc1ncco1)C(=O)N[C@H](C#N)C[C@@H]1CCCCC1=O. The van der Waals surface area contributed by atoms with E-state index in [4.69, 9.17) is 4.42 Å². The highest BCUT2D eigenvalue weighted by Crippen LogP contribution is 2.25. The van der Waals surface area contributed by atoms with Gasteiger partial charge in [0.15, 0.2) is 5.89 Å². The summed E-state index contributed by atoms with van der Waals surface area (Å²) in [7, 11) is 0. The van der Waals surface area contributed by atoms with Crippen LogP contribution in [0.25, 0.3) is 0 Å². The van der Waals surface area contributed by atoms with Crippen LogP contribution < -0.4 is 5.32 Å². The quantitative estimate of drug-likeness (QED) is 0.728. The monoisotopic (exact) mass is 359 g/mol. The van der Waals surface area contributed by atoms with Crippen molar-refractivity contribution < 1.29 is 14.0 Å². The number of aryl methyl sites for hydroxylation is 1. The van der Waals surface area contributed by atoms with Crippen LogP contribution in [-0.4, -0.2) is 22.7 Å². The smallest absolute Gasteiger partial charge is 0.224 e. The van der Waals surface area contributed by atoms with E-state index in [9.17, 15) is 14.9 Å². The van der Waals surface area contributed by atoms with E-state index in [0.717, 1.165) is 25.7 Å². The second-order valence-electron chi connectivity index (χ2n) is 7.63. The summed E-state index contributed by atoms with van der Waals surface area (Å²) in [4.78, 5) is 28.8. The number of nitrogens with zero attached hydrogens (tertiary/aromatic N) is 2. The molecular weight excluding hydrogens is 330 g/mol. The van der Waals surface area contributed by atoms with Crippen molar-refractivity contribution in [3.63, 3.8) is 0 Å². The summed E-state index contributed by atoms with van der Waals surface area (Å²) in [5.41, 5.74) is 0. The molecule has 0 bridgehead atoms. The fraction of sp³-hybridized carbons (Fsp3) is 0.700. The van der Waals surface area contributed by atoms with Gasteiger partial charge < -0.3 is 9.73 Å². The molecule has 1 saturated carbocycles. The second-order valence-corrected chi connectivity index (χ2v) is 7.63. The molecule has 2 rings (SSSR count). The number of ketones is 1. The van der Waals surface area contributed by atoms with Crippen LogP contribution in [0.4, 0.5) is 0 Å². The first-order chi connectivity index (χ1) is 12.5. The first kappa shape index (κ1) is 20.2. The van der Waals surface area contributed by atoms with E-state index in [0.29, 0.717) is 37.5 Å². The first-order valence-corrected chi connectivity index (χ1v) is 9.60.